The van der Waals surface area contributed by atoms with Crippen LogP contribution in [-0.2, 0) is 9.31 Å². The summed E-state index contributed by atoms with van der Waals surface area (Å²) < 4.78 is 12.7. The third-order valence-electron chi connectivity index (χ3n) is 5.43. The quantitative estimate of drug-likeness (QED) is 0.561. The average molecular weight is 310 g/mol. The fourth-order valence-electron chi connectivity index (χ4n) is 3.52. The standard InChI is InChI=1S/C20H27BO2/c1-14-12-15(2)18(16-10-8-7-9-11-16)17(13-14)21-22-19(3,4)20(5,6)23-21/h7-12,15H,13H2,1-6H3. The topological polar surface area (TPSA) is 18.5 Å². The molecule has 0 saturated carbocycles. The third-order valence-corrected chi connectivity index (χ3v) is 5.43. The molecule has 1 saturated heterocycles. The van der Waals surface area contributed by atoms with E-state index in [1.165, 1.54) is 22.2 Å². The van der Waals surface area contributed by atoms with Crippen LogP contribution in [-0.4, -0.2) is 18.3 Å². The lowest BCUT2D eigenvalue weighted by Crippen LogP contribution is -2.41. The van der Waals surface area contributed by atoms with E-state index in [4.69, 9.17) is 9.31 Å². The number of hydrogen-bond donors (Lipinski definition) is 0. The SMILES string of the molecule is CC1=CC(C)C(c2ccccc2)=C(B2OC(C)(C)C(C)(C)O2)C1. The Morgan fingerprint density at radius 2 is 1.57 bits per heavy atom. The van der Waals surface area contributed by atoms with E-state index in [1.54, 1.807) is 0 Å². The van der Waals surface area contributed by atoms with Gasteiger partial charge in [-0.05, 0) is 63.6 Å². The number of benzene rings is 1. The van der Waals surface area contributed by atoms with Crippen LogP contribution >= 0.6 is 0 Å². The zero-order valence-corrected chi connectivity index (χ0v) is 15.1. The van der Waals surface area contributed by atoms with Crippen molar-refractivity contribution in [2.45, 2.75) is 59.2 Å². The molecule has 1 unspecified atom stereocenters. The van der Waals surface area contributed by atoms with Crippen molar-refractivity contribution >= 4 is 12.7 Å². The van der Waals surface area contributed by atoms with Gasteiger partial charge in [0.25, 0.3) is 0 Å². The Morgan fingerprint density at radius 1 is 1.00 bits per heavy atom. The number of allylic oxidation sites excluding steroid dienone is 4. The van der Waals surface area contributed by atoms with E-state index in [0.29, 0.717) is 5.92 Å². The molecule has 0 amide bonds. The van der Waals surface area contributed by atoms with Crippen LogP contribution in [0.25, 0.3) is 5.57 Å². The largest absolute Gasteiger partial charge is 0.491 e. The first kappa shape index (κ1) is 16.5. The summed E-state index contributed by atoms with van der Waals surface area (Å²) in [7, 11) is -0.263. The highest BCUT2D eigenvalue weighted by Gasteiger charge is 2.53. The van der Waals surface area contributed by atoms with E-state index in [9.17, 15) is 0 Å². The van der Waals surface area contributed by atoms with Crippen molar-refractivity contribution in [3.63, 3.8) is 0 Å². The first-order chi connectivity index (χ1) is 10.7. The summed E-state index contributed by atoms with van der Waals surface area (Å²) in [6.45, 7) is 12.9. The minimum atomic E-state index is -0.301. The summed E-state index contributed by atoms with van der Waals surface area (Å²) in [5.74, 6) is 0.375. The minimum absolute atomic E-state index is 0.263. The van der Waals surface area contributed by atoms with Crippen LogP contribution in [0.15, 0.2) is 47.5 Å². The molecule has 23 heavy (non-hydrogen) atoms. The van der Waals surface area contributed by atoms with E-state index < -0.39 is 0 Å². The summed E-state index contributed by atoms with van der Waals surface area (Å²) in [6.07, 6.45) is 3.28. The lowest BCUT2D eigenvalue weighted by atomic mass is 9.66. The van der Waals surface area contributed by atoms with Gasteiger partial charge in [0.2, 0.25) is 0 Å². The van der Waals surface area contributed by atoms with Gasteiger partial charge in [-0.25, -0.2) is 0 Å². The molecular formula is C20H27BO2. The smallest absolute Gasteiger partial charge is 0.400 e. The Morgan fingerprint density at radius 3 is 2.13 bits per heavy atom. The van der Waals surface area contributed by atoms with Gasteiger partial charge in [0.05, 0.1) is 11.2 Å². The first-order valence-electron chi connectivity index (χ1n) is 8.52. The van der Waals surface area contributed by atoms with Crippen LogP contribution in [0.2, 0.25) is 0 Å². The van der Waals surface area contributed by atoms with Crippen molar-refractivity contribution in [2.75, 3.05) is 0 Å². The summed E-state index contributed by atoms with van der Waals surface area (Å²) in [5, 5.41) is 0. The maximum absolute atomic E-state index is 6.34. The summed E-state index contributed by atoms with van der Waals surface area (Å²) in [4.78, 5) is 0. The summed E-state index contributed by atoms with van der Waals surface area (Å²) in [5.41, 5.74) is 4.70. The van der Waals surface area contributed by atoms with Crippen LogP contribution in [0.4, 0.5) is 0 Å². The van der Waals surface area contributed by atoms with Gasteiger partial charge in [-0.1, -0.05) is 48.9 Å². The Kier molecular flexibility index (Phi) is 4.06. The molecule has 3 rings (SSSR count). The number of hydrogen-bond acceptors (Lipinski definition) is 2. The van der Waals surface area contributed by atoms with Crippen molar-refractivity contribution in [3.8, 4) is 0 Å². The van der Waals surface area contributed by atoms with E-state index >= 15 is 0 Å². The van der Waals surface area contributed by atoms with Gasteiger partial charge in [0, 0.05) is 0 Å². The molecule has 0 bridgehead atoms. The van der Waals surface area contributed by atoms with E-state index in [-0.39, 0.29) is 18.3 Å². The molecule has 1 aliphatic carbocycles. The molecule has 2 nitrogen and oxygen atoms in total. The Bertz CT molecular complexity index is 639. The fraction of sp³-hybridized carbons (Fsp3) is 0.500. The van der Waals surface area contributed by atoms with Crippen molar-refractivity contribution in [3.05, 3.63) is 53.0 Å². The zero-order valence-electron chi connectivity index (χ0n) is 15.1. The van der Waals surface area contributed by atoms with Gasteiger partial charge in [0.15, 0.2) is 0 Å². The maximum atomic E-state index is 6.34. The minimum Gasteiger partial charge on any atom is -0.400 e. The first-order valence-corrected chi connectivity index (χ1v) is 8.52. The molecule has 1 aromatic rings. The molecule has 0 N–H and O–H groups in total. The highest BCUT2D eigenvalue weighted by Crippen LogP contribution is 2.44. The van der Waals surface area contributed by atoms with Gasteiger partial charge >= 0.3 is 7.12 Å². The van der Waals surface area contributed by atoms with E-state index in [0.717, 1.165) is 6.42 Å². The van der Waals surface area contributed by atoms with Crippen LogP contribution in [0, 0.1) is 5.92 Å². The predicted octanol–water partition coefficient (Wildman–Crippen LogP) is 5.06. The molecule has 0 spiro atoms. The molecule has 1 fully saturated rings. The van der Waals surface area contributed by atoms with Gasteiger partial charge in [0.1, 0.15) is 0 Å². The molecule has 122 valence electrons. The molecule has 0 aromatic heterocycles. The highest BCUT2D eigenvalue weighted by atomic mass is 16.7. The fourth-order valence-corrected chi connectivity index (χ4v) is 3.52. The Labute approximate surface area is 140 Å². The second kappa shape index (κ2) is 5.64. The van der Waals surface area contributed by atoms with Crippen molar-refractivity contribution < 1.29 is 9.31 Å². The lowest BCUT2D eigenvalue weighted by Gasteiger charge is -2.32. The van der Waals surface area contributed by atoms with Crippen LogP contribution < -0.4 is 0 Å². The van der Waals surface area contributed by atoms with Crippen molar-refractivity contribution in [1.29, 1.82) is 0 Å². The Balaban J connectivity index is 2.06. The van der Waals surface area contributed by atoms with Gasteiger partial charge in [-0.3, -0.25) is 0 Å². The number of rotatable bonds is 2. The molecule has 1 heterocycles. The zero-order chi connectivity index (χ0) is 16.8. The molecular weight excluding hydrogens is 283 g/mol. The van der Waals surface area contributed by atoms with Crippen LogP contribution in [0.5, 0.6) is 0 Å². The second-order valence-electron chi connectivity index (χ2n) is 7.87. The van der Waals surface area contributed by atoms with E-state index in [2.05, 4.69) is 78.0 Å². The molecule has 3 heteroatoms. The summed E-state index contributed by atoms with van der Waals surface area (Å²) in [6, 6.07) is 10.6. The normalized spacial score (nSPS) is 26.4. The molecule has 1 aromatic carbocycles. The third kappa shape index (κ3) is 2.93. The van der Waals surface area contributed by atoms with Crippen molar-refractivity contribution in [2.24, 2.45) is 5.92 Å². The molecule has 2 aliphatic rings. The molecule has 1 aliphatic heterocycles. The van der Waals surface area contributed by atoms with E-state index in [1.807, 2.05) is 0 Å². The predicted molar refractivity (Wildman–Crippen MR) is 97.0 cm³/mol. The molecule has 1 atom stereocenters. The van der Waals surface area contributed by atoms with Crippen LogP contribution in [0.3, 0.4) is 0 Å². The van der Waals surface area contributed by atoms with Crippen LogP contribution in [0.1, 0.15) is 53.5 Å². The van der Waals surface area contributed by atoms with Crippen molar-refractivity contribution in [1.82, 2.24) is 0 Å². The monoisotopic (exact) mass is 310 g/mol. The molecule has 0 radical (unpaired) electrons. The van der Waals surface area contributed by atoms with Gasteiger partial charge < -0.3 is 9.31 Å². The highest BCUT2D eigenvalue weighted by molar-refractivity contribution is 6.56. The second-order valence-corrected chi connectivity index (χ2v) is 7.87. The summed E-state index contributed by atoms with van der Waals surface area (Å²) >= 11 is 0. The Hall–Kier alpha value is -1.32. The lowest BCUT2D eigenvalue weighted by molar-refractivity contribution is 0.00578. The average Bonchev–Trinajstić information content (AvgIpc) is 2.67. The van der Waals surface area contributed by atoms with Gasteiger partial charge in [-0.2, -0.15) is 0 Å². The maximum Gasteiger partial charge on any atom is 0.491 e. The van der Waals surface area contributed by atoms with Gasteiger partial charge in [-0.15, -0.1) is 0 Å².